The number of carbonyl (C=O) groups is 1. The lowest BCUT2D eigenvalue weighted by Crippen LogP contribution is -2.40. The van der Waals surface area contributed by atoms with E-state index in [4.69, 9.17) is 23.2 Å². The van der Waals surface area contributed by atoms with E-state index in [1.807, 2.05) is 0 Å². The van der Waals surface area contributed by atoms with Crippen molar-refractivity contribution >= 4 is 35.1 Å². The molecule has 0 fully saturated rings. The topological polar surface area (TPSA) is 61.1 Å². The number of rotatable bonds is 3. The van der Waals surface area contributed by atoms with Crippen molar-refractivity contribution < 1.29 is 18.0 Å². The molecule has 0 spiro atoms. The molecule has 0 bridgehead atoms. The summed E-state index contributed by atoms with van der Waals surface area (Å²) in [6, 6.07) is 4.21. The number of aromatic nitrogens is 2. The molecule has 0 aliphatic rings. The van der Waals surface area contributed by atoms with Gasteiger partial charge in [-0.1, -0.05) is 23.2 Å². The summed E-state index contributed by atoms with van der Waals surface area (Å²) < 4.78 is 39.6. The van der Waals surface area contributed by atoms with Gasteiger partial charge in [-0.15, -0.1) is 0 Å². The zero-order valence-electron chi connectivity index (χ0n) is 13.4. The molecule has 26 heavy (non-hydrogen) atoms. The van der Waals surface area contributed by atoms with E-state index in [1.54, 1.807) is 0 Å². The molecular weight excluding hydrogens is 396 g/mol. The van der Waals surface area contributed by atoms with Crippen molar-refractivity contribution in [3.05, 3.63) is 66.4 Å². The van der Waals surface area contributed by atoms with E-state index in [2.05, 4.69) is 0 Å². The molecule has 0 aliphatic heterocycles. The van der Waals surface area contributed by atoms with Crippen LogP contribution in [0.1, 0.15) is 18.2 Å². The average molecular weight is 407 g/mol. The van der Waals surface area contributed by atoms with Gasteiger partial charge >= 0.3 is 11.9 Å². The number of nitrogens with zero attached hydrogens (tertiary/aromatic N) is 2. The van der Waals surface area contributed by atoms with Crippen molar-refractivity contribution in [3.8, 4) is 5.69 Å². The Hall–Kier alpha value is -2.32. The molecule has 0 unspecified atom stereocenters. The van der Waals surface area contributed by atoms with Crippen LogP contribution in [0.15, 0.2) is 38.9 Å². The van der Waals surface area contributed by atoms with Crippen LogP contribution in [0.25, 0.3) is 11.8 Å². The van der Waals surface area contributed by atoms with Crippen molar-refractivity contribution in [1.29, 1.82) is 0 Å². The third kappa shape index (κ3) is 3.91. The average Bonchev–Trinajstić information content (AvgIpc) is 2.52. The summed E-state index contributed by atoms with van der Waals surface area (Å²) in [5, 5.41) is 0.0293. The van der Waals surface area contributed by atoms with Crippen molar-refractivity contribution in [1.82, 2.24) is 9.13 Å². The number of allylic oxidation sites excluding steroid dienone is 1. The van der Waals surface area contributed by atoms with Gasteiger partial charge in [0, 0.05) is 25.1 Å². The van der Waals surface area contributed by atoms with E-state index in [1.165, 1.54) is 31.2 Å². The van der Waals surface area contributed by atoms with Crippen LogP contribution in [-0.4, -0.2) is 14.9 Å². The molecule has 0 amide bonds. The van der Waals surface area contributed by atoms with Gasteiger partial charge in [-0.3, -0.25) is 14.2 Å². The summed E-state index contributed by atoms with van der Waals surface area (Å²) >= 11 is 11.8. The van der Waals surface area contributed by atoms with Crippen LogP contribution in [0.4, 0.5) is 13.2 Å². The van der Waals surface area contributed by atoms with Crippen molar-refractivity contribution in [2.75, 3.05) is 0 Å². The number of hydrogen-bond acceptors (Lipinski definition) is 3. The minimum atomic E-state index is -4.85. The molecule has 0 radical (unpaired) electrons. The molecular formula is C16H11Cl2F3N2O3. The van der Waals surface area contributed by atoms with E-state index in [-0.39, 0.29) is 21.3 Å². The second kappa shape index (κ2) is 7.13. The van der Waals surface area contributed by atoms with E-state index in [0.717, 1.165) is 7.05 Å². The molecule has 5 nitrogen and oxygen atoms in total. The van der Waals surface area contributed by atoms with E-state index >= 15 is 0 Å². The number of alkyl halides is 3. The van der Waals surface area contributed by atoms with Gasteiger partial charge in [0.2, 0.25) is 0 Å². The van der Waals surface area contributed by atoms with Gasteiger partial charge in [0.05, 0.1) is 10.7 Å². The molecule has 0 aliphatic carbocycles. The first kappa shape index (κ1) is 20.0. The van der Waals surface area contributed by atoms with Crippen LogP contribution in [0, 0.1) is 0 Å². The summed E-state index contributed by atoms with van der Waals surface area (Å²) in [7, 11) is 0.907. The van der Waals surface area contributed by atoms with Crippen molar-refractivity contribution in [3.63, 3.8) is 0 Å². The van der Waals surface area contributed by atoms with E-state index < -0.39 is 28.9 Å². The molecule has 0 saturated carbocycles. The summed E-state index contributed by atoms with van der Waals surface area (Å²) in [6.07, 6.45) is -3.62. The summed E-state index contributed by atoms with van der Waals surface area (Å²) in [4.78, 5) is 35.6. The smallest absolute Gasteiger partial charge is 0.294 e. The first-order valence-corrected chi connectivity index (χ1v) is 7.77. The Morgan fingerprint density at radius 3 is 2.35 bits per heavy atom. The zero-order valence-corrected chi connectivity index (χ0v) is 14.9. The SMILES string of the molecule is CC(=O)C(Cl)=Cc1cc(-n2c(=O)cc(C(F)(F)F)n(C)c2=O)ccc1Cl. The van der Waals surface area contributed by atoms with Crippen molar-refractivity contribution in [2.45, 2.75) is 13.1 Å². The fraction of sp³-hybridized carbons (Fsp3) is 0.188. The summed E-state index contributed by atoms with van der Waals surface area (Å²) in [5.41, 5.74) is -3.50. The lowest BCUT2D eigenvalue weighted by atomic mass is 10.1. The predicted molar refractivity (Wildman–Crippen MR) is 91.8 cm³/mol. The lowest BCUT2D eigenvalue weighted by Gasteiger charge is -2.14. The molecule has 10 heteroatoms. The number of carbonyl (C=O) groups excluding carboxylic acids is 1. The first-order valence-electron chi connectivity index (χ1n) is 7.02. The van der Waals surface area contributed by atoms with Gasteiger partial charge in [0.25, 0.3) is 5.56 Å². The van der Waals surface area contributed by atoms with Crippen LogP contribution < -0.4 is 11.2 Å². The number of benzene rings is 1. The fourth-order valence-electron chi connectivity index (χ4n) is 2.15. The maximum absolute atomic E-state index is 12.9. The predicted octanol–water partition coefficient (Wildman–Crippen LogP) is 3.38. The van der Waals surface area contributed by atoms with Gasteiger partial charge in [0.1, 0.15) is 5.69 Å². The molecule has 1 aromatic carbocycles. The monoisotopic (exact) mass is 406 g/mol. The van der Waals surface area contributed by atoms with Crippen LogP contribution in [0.5, 0.6) is 0 Å². The number of halogens is 5. The zero-order chi connectivity index (χ0) is 19.8. The number of Topliss-reactive ketones (excluding diaryl/α,β-unsaturated/α-hetero) is 1. The highest BCUT2D eigenvalue weighted by Gasteiger charge is 2.35. The van der Waals surface area contributed by atoms with Gasteiger partial charge in [-0.05, 0) is 29.8 Å². The Balaban J connectivity index is 2.73. The minimum Gasteiger partial charge on any atom is -0.294 e. The highest BCUT2D eigenvalue weighted by atomic mass is 35.5. The fourth-order valence-corrected chi connectivity index (χ4v) is 2.44. The first-order chi connectivity index (χ1) is 11.9. The quantitative estimate of drug-likeness (QED) is 0.734. The molecule has 2 rings (SSSR count). The lowest BCUT2D eigenvalue weighted by molar-refractivity contribution is -0.144. The Labute approximate surface area is 154 Å². The second-order valence-corrected chi connectivity index (χ2v) is 6.11. The van der Waals surface area contributed by atoms with Crippen LogP contribution in [-0.2, 0) is 18.0 Å². The maximum Gasteiger partial charge on any atom is 0.431 e. The molecule has 0 N–H and O–H groups in total. The van der Waals surface area contributed by atoms with Gasteiger partial charge in [0.15, 0.2) is 5.78 Å². The molecule has 138 valence electrons. The van der Waals surface area contributed by atoms with Gasteiger partial charge in [-0.25, -0.2) is 9.36 Å². The van der Waals surface area contributed by atoms with Gasteiger partial charge < -0.3 is 0 Å². The third-order valence-electron chi connectivity index (χ3n) is 3.47. The molecule has 0 atom stereocenters. The molecule has 1 aromatic heterocycles. The normalized spacial score (nSPS) is 12.3. The van der Waals surface area contributed by atoms with Gasteiger partial charge in [-0.2, -0.15) is 13.2 Å². The third-order valence-corrected chi connectivity index (χ3v) is 4.19. The van der Waals surface area contributed by atoms with Crippen LogP contribution in [0.2, 0.25) is 5.02 Å². The molecule has 1 heterocycles. The van der Waals surface area contributed by atoms with Crippen LogP contribution >= 0.6 is 23.2 Å². The number of hydrogen-bond donors (Lipinski definition) is 0. The maximum atomic E-state index is 12.9. The number of ketones is 1. The Kier molecular flexibility index (Phi) is 5.48. The standard InChI is InChI=1S/C16H11Cl2F3N2O3/c1-8(24)12(18)6-9-5-10(3-4-11(9)17)23-14(25)7-13(16(19,20)21)22(2)15(23)26/h3-7H,1-2H3. The largest absolute Gasteiger partial charge is 0.431 e. The summed E-state index contributed by atoms with van der Waals surface area (Å²) in [6.45, 7) is 1.23. The summed E-state index contributed by atoms with van der Waals surface area (Å²) in [5.74, 6) is -0.434. The minimum absolute atomic E-state index is 0.0204. The van der Waals surface area contributed by atoms with E-state index in [9.17, 15) is 27.6 Å². The van der Waals surface area contributed by atoms with Crippen LogP contribution in [0.3, 0.4) is 0 Å². The molecule has 0 saturated heterocycles. The van der Waals surface area contributed by atoms with Crippen molar-refractivity contribution in [2.24, 2.45) is 7.05 Å². The van der Waals surface area contributed by atoms with E-state index in [0.29, 0.717) is 15.2 Å². The Morgan fingerprint density at radius 1 is 1.19 bits per heavy atom. The Bertz CT molecular complexity index is 1040. The highest BCUT2D eigenvalue weighted by molar-refractivity contribution is 6.44. The highest BCUT2D eigenvalue weighted by Crippen LogP contribution is 2.27. The molecule has 2 aromatic rings. The Morgan fingerprint density at radius 2 is 1.81 bits per heavy atom. The second-order valence-electron chi connectivity index (χ2n) is 5.30.